The zero-order valence-corrected chi connectivity index (χ0v) is 12.3. The molecule has 3 heteroatoms. The van der Waals surface area contributed by atoms with Crippen LogP contribution in [0.2, 0.25) is 0 Å². The van der Waals surface area contributed by atoms with E-state index in [1.165, 1.54) is 31.4 Å². The van der Waals surface area contributed by atoms with E-state index in [1.54, 1.807) is 0 Å². The molecule has 0 aliphatic heterocycles. The van der Waals surface area contributed by atoms with Crippen molar-refractivity contribution in [2.75, 3.05) is 0 Å². The Balaban J connectivity index is 1.74. The number of carbonyl (C=O) groups excluding carboxylic acids is 1. The number of halogens is 2. The number of hydrogen-bond donors (Lipinski definition) is 0. The summed E-state index contributed by atoms with van der Waals surface area (Å²) in [4.78, 5) is 13.0. The van der Waals surface area contributed by atoms with E-state index in [1.807, 2.05) is 0 Å². The van der Waals surface area contributed by atoms with Gasteiger partial charge < -0.3 is 0 Å². The van der Waals surface area contributed by atoms with Gasteiger partial charge in [-0.05, 0) is 67.9 Å². The van der Waals surface area contributed by atoms with Crippen LogP contribution in [0.5, 0.6) is 0 Å². The van der Waals surface area contributed by atoms with Gasteiger partial charge in [-0.2, -0.15) is 0 Å². The van der Waals surface area contributed by atoms with Gasteiger partial charge in [0, 0.05) is 11.5 Å². The summed E-state index contributed by atoms with van der Waals surface area (Å²) in [6.07, 6.45) is 6.33. The summed E-state index contributed by atoms with van der Waals surface area (Å²) in [5.41, 5.74) is -0.0599. The van der Waals surface area contributed by atoms with E-state index >= 15 is 0 Å². The fourth-order valence-corrected chi connectivity index (χ4v) is 5.95. The highest BCUT2D eigenvalue weighted by Gasteiger charge is 2.58. The number of hydrogen-bond acceptors (Lipinski definition) is 1. The van der Waals surface area contributed by atoms with Crippen LogP contribution in [0.25, 0.3) is 0 Å². The first-order valence-electron chi connectivity index (χ1n) is 7.89. The van der Waals surface area contributed by atoms with E-state index in [-0.39, 0.29) is 16.8 Å². The SMILES string of the molecule is CC12CC3CC(C1)CC(C(=O)c1ccc(F)cc1F)(C3)C2. The lowest BCUT2D eigenvalue weighted by atomic mass is 9.43. The molecule has 2 atom stereocenters. The number of Topliss-reactive ketones (excluding diaryl/α,β-unsaturated/α-hetero) is 1. The van der Waals surface area contributed by atoms with Gasteiger partial charge in [0.15, 0.2) is 5.78 Å². The molecular weight excluding hydrogens is 270 g/mol. The Morgan fingerprint density at radius 3 is 2.38 bits per heavy atom. The third-order valence-electron chi connectivity index (χ3n) is 6.01. The Bertz CT molecular complexity index is 608. The Kier molecular flexibility index (Phi) is 2.65. The molecule has 0 amide bonds. The minimum Gasteiger partial charge on any atom is -0.293 e. The molecule has 4 aliphatic carbocycles. The molecule has 0 N–H and O–H groups in total. The van der Waals surface area contributed by atoms with Crippen molar-refractivity contribution in [1.82, 2.24) is 0 Å². The molecular formula is C18H20F2O. The second-order valence-corrected chi connectivity index (χ2v) is 8.01. The molecule has 0 radical (unpaired) electrons. The predicted octanol–water partition coefficient (Wildman–Crippen LogP) is 4.75. The summed E-state index contributed by atoms with van der Waals surface area (Å²) in [5, 5.41) is 0. The molecule has 4 saturated carbocycles. The molecule has 0 saturated heterocycles. The highest BCUT2D eigenvalue weighted by molar-refractivity contribution is 6.01. The normalized spacial score (nSPS) is 40.5. The van der Waals surface area contributed by atoms with E-state index in [0.717, 1.165) is 25.3 Å². The summed E-state index contributed by atoms with van der Waals surface area (Å²) in [7, 11) is 0. The first kappa shape index (κ1) is 13.4. The van der Waals surface area contributed by atoms with Crippen LogP contribution in [0.4, 0.5) is 8.78 Å². The number of rotatable bonds is 2. The average molecular weight is 290 g/mol. The van der Waals surface area contributed by atoms with Crippen molar-refractivity contribution in [3.8, 4) is 0 Å². The van der Waals surface area contributed by atoms with Crippen molar-refractivity contribution in [1.29, 1.82) is 0 Å². The smallest absolute Gasteiger partial charge is 0.171 e. The quantitative estimate of drug-likeness (QED) is 0.718. The van der Waals surface area contributed by atoms with Gasteiger partial charge in [0.1, 0.15) is 11.6 Å². The first-order chi connectivity index (χ1) is 9.89. The first-order valence-corrected chi connectivity index (χ1v) is 7.89. The molecule has 2 unspecified atom stereocenters. The maximum absolute atomic E-state index is 14.0. The third-order valence-corrected chi connectivity index (χ3v) is 6.01. The van der Waals surface area contributed by atoms with Gasteiger partial charge in [0.05, 0.1) is 5.56 Å². The topological polar surface area (TPSA) is 17.1 Å². The fourth-order valence-electron chi connectivity index (χ4n) is 5.95. The summed E-state index contributed by atoms with van der Waals surface area (Å²) < 4.78 is 27.1. The van der Waals surface area contributed by atoms with Crippen LogP contribution in [0.15, 0.2) is 18.2 Å². The lowest BCUT2D eigenvalue weighted by Gasteiger charge is -2.60. The molecule has 0 heterocycles. The molecule has 4 bridgehead atoms. The van der Waals surface area contributed by atoms with E-state index in [9.17, 15) is 13.6 Å². The fraction of sp³-hybridized carbons (Fsp3) is 0.611. The molecule has 0 spiro atoms. The molecule has 0 aromatic heterocycles. The molecule has 4 aliphatic rings. The standard InChI is InChI=1S/C18H20F2O/c1-17-6-11-4-12(7-17)9-18(8-11,10-17)16(21)14-3-2-13(19)5-15(14)20/h2-3,5,11-12H,4,6-10H2,1H3. The number of benzene rings is 1. The summed E-state index contributed by atoms with van der Waals surface area (Å²) in [5.74, 6) is -0.185. The number of carbonyl (C=O) groups is 1. The van der Waals surface area contributed by atoms with Crippen molar-refractivity contribution in [2.24, 2.45) is 22.7 Å². The highest BCUT2D eigenvalue weighted by Crippen LogP contribution is 2.65. The van der Waals surface area contributed by atoms with Crippen molar-refractivity contribution in [3.05, 3.63) is 35.4 Å². The zero-order valence-electron chi connectivity index (χ0n) is 12.3. The Morgan fingerprint density at radius 1 is 1.14 bits per heavy atom. The largest absolute Gasteiger partial charge is 0.293 e. The molecule has 21 heavy (non-hydrogen) atoms. The molecule has 1 aromatic carbocycles. The Labute approximate surface area is 123 Å². The van der Waals surface area contributed by atoms with Gasteiger partial charge in [0.25, 0.3) is 0 Å². The van der Waals surface area contributed by atoms with Gasteiger partial charge in [-0.1, -0.05) is 6.92 Å². The molecule has 112 valence electrons. The highest BCUT2D eigenvalue weighted by atomic mass is 19.1. The van der Waals surface area contributed by atoms with Gasteiger partial charge in [0.2, 0.25) is 0 Å². The van der Waals surface area contributed by atoms with Crippen LogP contribution < -0.4 is 0 Å². The second kappa shape index (κ2) is 4.15. The van der Waals surface area contributed by atoms with Gasteiger partial charge >= 0.3 is 0 Å². The van der Waals surface area contributed by atoms with Crippen LogP contribution >= 0.6 is 0 Å². The summed E-state index contributed by atoms with van der Waals surface area (Å²) in [6, 6.07) is 3.35. The molecule has 5 rings (SSSR count). The van der Waals surface area contributed by atoms with Crippen LogP contribution in [0.3, 0.4) is 0 Å². The van der Waals surface area contributed by atoms with Crippen LogP contribution in [-0.4, -0.2) is 5.78 Å². The van der Waals surface area contributed by atoms with Crippen molar-refractivity contribution < 1.29 is 13.6 Å². The average Bonchev–Trinajstić information content (AvgIpc) is 2.35. The van der Waals surface area contributed by atoms with Gasteiger partial charge in [-0.15, -0.1) is 0 Å². The maximum Gasteiger partial charge on any atom is 0.171 e. The van der Waals surface area contributed by atoms with Crippen LogP contribution in [0.1, 0.15) is 55.8 Å². The van der Waals surface area contributed by atoms with E-state index in [2.05, 4.69) is 6.92 Å². The summed E-state index contributed by atoms with van der Waals surface area (Å²) in [6.45, 7) is 2.29. The summed E-state index contributed by atoms with van der Waals surface area (Å²) >= 11 is 0. The van der Waals surface area contributed by atoms with Crippen molar-refractivity contribution in [2.45, 2.75) is 45.4 Å². The Hall–Kier alpha value is -1.25. The van der Waals surface area contributed by atoms with Crippen molar-refractivity contribution >= 4 is 5.78 Å². The lowest BCUT2D eigenvalue weighted by Crippen LogP contribution is -2.54. The lowest BCUT2D eigenvalue weighted by molar-refractivity contribution is -0.0821. The number of ketones is 1. The zero-order chi connectivity index (χ0) is 14.8. The van der Waals surface area contributed by atoms with Gasteiger partial charge in [-0.3, -0.25) is 4.79 Å². The van der Waals surface area contributed by atoms with E-state index < -0.39 is 17.0 Å². The molecule has 4 fully saturated rings. The van der Waals surface area contributed by atoms with E-state index in [0.29, 0.717) is 11.8 Å². The minimum absolute atomic E-state index is 0.0830. The Morgan fingerprint density at radius 2 is 1.81 bits per heavy atom. The van der Waals surface area contributed by atoms with Crippen molar-refractivity contribution in [3.63, 3.8) is 0 Å². The monoisotopic (exact) mass is 290 g/mol. The minimum atomic E-state index is -0.708. The predicted molar refractivity (Wildman–Crippen MR) is 75.9 cm³/mol. The molecule has 1 nitrogen and oxygen atoms in total. The van der Waals surface area contributed by atoms with Crippen LogP contribution in [0, 0.1) is 34.3 Å². The van der Waals surface area contributed by atoms with Crippen LogP contribution in [-0.2, 0) is 0 Å². The maximum atomic E-state index is 14.0. The van der Waals surface area contributed by atoms with E-state index in [4.69, 9.17) is 0 Å². The second-order valence-electron chi connectivity index (χ2n) is 8.01. The third kappa shape index (κ3) is 1.96. The molecule has 1 aromatic rings. The van der Waals surface area contributed by atoms with Gasteiger partial charge in [-0.25, -0.2) is 8.78 Å².